The Morgan fingerprint density at radius 2 is 1.29 bits per heavy atom. The van der Waals surface area contributed by atoms with Crippen LogP contribution >= 0.6 is 21.6 Å². The molecule has 0 radical (unpaired) electrons. The van der Waals surface area contributed by atoms with Gasteiger partial charge in [-0.05, 0) is 101 Å². The molecule has 2 aliphatic heterocycles. The van der Waals surface area contributed by atoms with Crippen LogP contribution in [-0.2, 0) is 69.9 Å². The summed E-state index contributed by atoms with van der Waals surface area (Å²) in [7, 11) is -5.99. The molecule has 1 unspecified atom stereocenters. The number of ketones is 2. The van der Waals surface area contributed by atoms with Gasteiger partial charge in [0, 0.05) is 130 Å². The largest absolute Gasteiger partial charge is 0.480 e. The monoisotopic (exact) mass is 1630 g/mol. The number of nitrogen functional groups attached to an aromatic ring is 1. The van der Waals surface area contributed by atoms with Crippen LogP contribution in [-0.4, -0.2) is 210 Å². The van der Waals surface area contributed by atoms with E-state index in [0.717, 1.165) is 40.1 Å². The summed E-state index contributed by atoms with van der Waals surface area (Å²) in [6.45, 7) is 11.4. The second-order valence-electron chi connectivity index (χ2n) is 27.3. The highest BCUT2D eigenvalue weighted by atomic mass is 33.1. The van der Waals surface area contributed by atoms with E-state index in [-0.39, 0.29) is 107 Å². The number of ether oxygens (including phenoxy) is 1. The normalized spacial score (nSPS) is 16.9. The maximum atomic E-state index is 14.7. The maximum Gasteiger partial charge on any atom is 0.327 e. The number of nitrogens with one attached hydrogen (secondary N) is 11. The Labute approximate surface area is 649 Å². The van der Waals surface area contributed by atoms with Gasteiger partial charge in [0.05, 0.1) is 66.6 Å². The Balaban J connectivity index is 0.833. The molecule has 6 aromatic rings. The number of hydrogen-bond acceptors (Lipinski definition) is 26. The molecule has 7 amide bonds. The van der Waals surface area contributed by atoms with Crippen molar-refractivity contribution in [1.29, 1.82) is 0 Å². The van der Waals surface area contributed by atoms with Gasteiger partial charge in [0.2, 0.25) is 41.4 Å². The number of nitrogens with zero attached hydrogens (tertiary/aromatic N) is 5. The third-order valence-electron chi connectivity index (χ3n) is 19.3. The Morgan fingerprint density at radius 1 is 0.688 bits per heavy atom. The van der Waals surface area contributed by atoms with Gasteiger partial charge in [0.1, 0.15) is 24.0 Å². The molecule has 5 aromatic heterocycles. The van der Waals surface area contributed by atoms with E-state index < -0.39 is 164 Å². The lowest BCUT2D eigenvalue weighted by Gasteiger charge is -2.22. The lowest BCUT2D eigenvalue weighted by molar-refractivity contribution is -0.142. The molecule has 1 aromatic carbocycles. The summed E-state index contributed by atoms with van der Waals surface area (Å²) in [4.78, 5) is 194. The molecule has 0 saturated heterocycles. The molecule has 0 fully saturated rings. The second kappa shape index (κ2) is 37.1. The fourth-order valence-corrected chi connectivity index (χ4v) is 16.2. The Morgan fingerprint density at radius 3 is 1.92 bits per heavy atom. The standard InChI is InChI=1S/C71H87N17O20S4/c1-9-41-33(3)43-26-48-56(37(7)89)35(5)45(81-48)24-44-34(4)42(60(84-44)58-59(70(101)108-8)63(94)57-36(6)46(85-61(57)58)25-47(41)80-43)15-17-53(91)82-49(27-54(92)73-19-22-111(102,103)104)66(96)75-18-21-109-110-31-51(69(99)100)86-67(97)50(28-55(93)74-20-23-112(105,106)107)83-52(90)16-10-32(2)78-65(95)38-11-13-39(14-12-38)76-29-40-30-77-64-62(79-40)68(98)88-71(72)87-64/h11-14,24-26,30,32-34,41-42,49-51,59,76,81,85H,9-10,15-23,27-29,31H2,1-8H3,(H,73,92)(H,74,93)(H,75,96)(H,78,95)(H,82,91)(H,83,90)(H,86,97)(H,99,100)(H,102,103,104)(H,105,106,107)(H3,72,77,87,88,98)/t32-,33-,34+,41-,42+,49+,50+,51+,59?/m1/s1. The van der Waals surface area contributed by atoms with E-state index in [1.165, 1.54) is 25.3 Å². The zero-order valence-corrected chi connectivity index (χ0v) is 65.4. The molecule has 16 N–H and O–H groups in total. The fraction of sp³-hybridized carbons (Fsp3) is 0.451. The van der Waals surface area contributed by atoms with E-state index in [2.05, 4.69) is 79.4 Å². The maximum absolute atomic E-state index is 14.7. The van der Waals surface area contributed by atoms with Crippen LogP contribution in [0.1, 0.15) is 185 Å². The van der Waals surface area contributed by atoms with Crippen molar-refractivity contribution in [1.82, 2.24) is 77.1 Å². The summed E-state index contributed by atoms with van der Waals surface area (Å²) in [6.07, 6.45) is -0.142. The Kier molecular flexibility index (Phi) is 28.2. The number of esters is 1. The van der Waals surface area contributed by atoms with Crippen molar-refractivity contribution in [2.45, 2.75) is 154 Å². The first-order valence-corrected chi connectivity index (χ1v) is 41.3. The average Bonchev–Trinajstić information content (AvgIpc) is 1.56. The number of H-pyrrole nitrogens is 3. The summed E-state index contributed by atoms with van der Waals surface area (Å²) in [5.74, 6) is -14.2. The smallest absolute Gasteiger partial charge is 0.327 e. The van der Waals surface area contributed by atoms with Crippen LogP contribution in [0.25, 0.3) is 33.2 Å². The first kappa shape index (κ1) is 85.3. The molecular formula is C71H87N17O20S4. The summed E-state index contributed by atoms with van der Waals surface area (Å²) < 4.78 is 69.5. The van der Waals surface area contributed by atoms with Crippen LogP contribution < -0.4 is 53.8 Å². The van der Waals surface area contributed by atoms with Crippen LogP contribution in [0.3, 0.4) is 0 Å². The third kappa shape index (κ3) is 21.7. The number of nitrogens with two attached hydrogens (primary N) is 1. The molecule has 9 atom stereocenters. The van der Waals surface area contributed by atoms with E-state index in [0.29, 0.717) is 62.3 Å². The summed E-state index contributed by atoms with van der Waals surface area (Å²) >= 11 is 0. The number of fused-ring (bicyclic) bond motifs is 9. The van der Waals surface area contributed by atoms with Gasteiger partial charge in [0.15, 0.2) is 22.7 Å². The lowest BCUT2D eigenvalue weighted by atomic mass is 9.83. The van der Waals surface area contributed by atoms with E-state index in [1.54, 1.807) is 39.0 Å². The minimum atomic E-state index is -4.54. The number of methoxy groups -OCH3 is 1. The number of aromatic amines is 3. The van der Waals surface area contributed by atoms with Gasteiger partial charge in [-0.2, -0.15) is 21.8 Å². The van der Waals surface area contributed by atoms with Crippen molar-refractivity contribution in [2.24, 2.45) is 0 Å². The van der Waals surface area contributed by atoms with Gasteiger partial charge < -0.3 is 68.1 Å². The molecule has 112 heavy (non-hydrogen) atoms. The number of hydrogen-bond donors (Lipinski definition) is 15. The van der Waals surface area contributed by atoms with Crippen LogP contribution in [0.5, 0.6) is 0 Å². The fourth-order valence-electron chi connectivity index (χ4n) is 13.4. The Bertz CT molecular complexity index is 5190. The average molecular weight is 1630 g/mol. The number of Topliss-reactive ketones (excluding diaryl/α,β-unsaturated/α-hetero) is 2. The van der Waals surface area contributed by atoms with Crippen LogP contribution in [0.4, 0.5) is 11.6 Å². The Hall–Kier alpha value is -10.8. The topological polar surface area (TPSA) is 577 Å². The third-order valence-corrected chi connectivity index (χ3v) is 23.1. The minimum Gasteiger partial charge on any atom is -0.480 e. The van der Waals surface area contributed by atoms with Gasteiger partial charge in [-0.3, -0.25) is 76.8 Å². The number of carbonyl (C=O) groups is 11. The number of carbonyl (C=O) groups excluding carboxylic acids is 10. The molecule has 41 heteroatoms. The number of carboxylic acids is 1. The van der Waals surface area contributed by atoms with Crippen molar-refractivity contribution in [2.75, 3.05) is 60.8 Å². The number of aryl methyl sites for hydroxylation is 2. The van der Waals surface area contributed by atoms with Gasteiger partial charge in [-0.15, -0.1) is 0 Å². The number of benzene rings is 1. The van der Waals surface area contributed by atoms with Crippen LogP contribution in [0.2, 0.25) is 0 Å². The van der Waals surface area contributed by atoms with E-state index in [4.69, 9.17) is 20.4 Å². The minimum absolute atomic E-state index is 0.00117. The summed E-state index contributed by atoms with van der Waals surface area (Å²) in [6, 6.07) is 6.14. The lowest BCUT2D eigenvalue weighted by Crippen LogP contribution is -2.53. The molecule has 37 nitrogen and oxygen atoms in total. The number of aliphatic carboxylic acids is 1. The SMILES string of the molecule is CC[C@H]1c2cc3[nH]c4c(c3C)C(=O)C(C(=O)OC)c4c3nc(cc4[nH]c(cc(n2)[C@@H]1C)c(C(C)=O)c4C)[C@@H](C)[C@@H]3CCC(=O)N[C@@H](CC(=O)NCCS(=O)(=O)O)C(=O)NCCSSC[C@H](NC(=O)[C@H](CC(=O)NCCS(=O)(=O)O)NC(=O)CC[C@@H](C)NC(=O)c1ccc(NCc2cnc3nc(N)[nH]c(=O)c3n2)cc1)C(=O)O. The van der Waals surface area contributed by atoms with Gasteiger partial charge in [-0.25, -0.2) is 14.8 Å². The van der Waals surface area contributed by atoms with E-state index >= 15 is 0 Å². The quantitative estimate of drug-likeness (QED) is 0.00670. The van der Waals surface area contributed by atoms with Gasteiger partial charge >= 0.3 is 11.9 Å². The van der Waals surface area contributed by atoms with Crippen molar-refractivity contribution < 1.29 is 88.5 Å². The molecule has 7 heterocycles. The highest BCUT2D eigenvalue weighted by Crippen LogP contribution is 2.48. The predicted octanol–water partition coefficient (Wildman–Crippen LogP) is 3.20. The molecule has 0 saturated carbocycles. The van der Waals surface area contributed by atoms with Gasteiger partial charge in [0.25, 0.3) is 31.7 Å². The second-order valence-corrected chi connectivity index (χ2v) is 33.0. The van der Waals surface area contributed by atoms with Crippen LogP contribution in [0.15, 0.2) is 53.5 Å². The first-order chi connectivity index (χ1) is 52.9. The van der Waals surface area contributed by atoms with Crippen molar-refractivity contribution in [3.8, 4) is 0 Å². The molecule has 600 valence electrons. The molecule has 0 spiro atoms. The number of carboxylic acid groups (broad SMARTS) is 1. The van der Waals surface area contributed by atoms with Crippen molar-refractivity contribution in [3.63, 3.8) is 0 Å². The number of rotatable bonds is 36. The van der Waals surface area contributed by atoms with Crippen molar-refractivity contribution >= 4 is 152 Å². The summed E-state index contributed by atoms with van der Waals surface area (Å²) in [5, 5.41) is 30.5. The first-order valence-electron chi connectivity index (χ1n) is 35.6. The molecular weight excluding hydrogens is 1540 g/mol. The van der Waals surface area contributed by atoms with E-state index in [1.807, 2.05) is 26.0 Å². The van der Waals surface area contributed by atoms with E-state index in [9.17, 15) is 88.6 Å². The predicted molar refractivity (Wildman–Crippen MR) is 413 cm³/mol. The number of anilines is 2. The highest BCUT2D eigenvalue weighted by Gasteiger charge is 2.46. The molecule has 8 bridgehead atoms. The van der Waals surface area contributed by atoms with Crippen LogP contribution in [0, 0.1) is 13.8 Å². The zero-order valence-electron chi connectivity index (χ0n) is 62.1. The van der Waals surface area contributed by atoms with Crippen molar-refractivity contribution in [3.05, 3.63) is 121 Å². The van der Waals surface area contributed by atoms with Gasteiger partial charge in [-0.1, -0.05) is 42.4 Å². The summed E-state index contributed by atoms with van der Waals surface area (Å²) in [5.41, 5.74) is 12.6. The number of amides is 7. The highest BCUT2D eigenvalue weighted by molar-refractivity contribution is 8.76. The number of aromatic nitrogens is 8. The molecule has 9 rings (SSSR count). The molecule has 3 aliphatic rings. The molecule has 1 aliphatic carbocycles. The zero-order chi connectivity index (χ0) is 81.8.